The first-order valence-corrected chi connectivity index (χ1v) is 6.14. The van der Waals surface area contributed by atoms with Crippen molar-refractivity contribution in [3.05, 3.63) is 0 Å². The topological polar surface area (TPSA) is 12.0 Å². The molecule has 1 nitrogen and oxygen atoms in total. The minimum absolute atomic E-state index is 0.564. The minimum Gasteiger partial charge on any atom is -0.314 e. The van der Waals surface area contributed by atoms with Gasteiger partial charge >= 0.3 is 0 Å². The van der Waals surface area contributed by atoms with Crippen molar-refractivity contribution in [3.63, 3.8) is 0 Å². The molecule has 2 unspecified atom stereocenters. The third-order valence-electron chi connectivity index (χ3n) is 3.46. The van der Waals surface area contributed by atoms with Gasteiger partial charge in [0.25, 0.3) is 0 Å². The van der Waals surface area contributed by atoms with Gasteiger partial charge in [-0.2, -0.15) is 0 Å². The lowest BCUT2D eigenvalue weighted by Crippen LogP contribution is -2.32. The number of hydrogen-bond acceptors (Lipinski definition) is 1. The van der Waals surface area contributed by atoms with Crippen LogP contribution in [0.5, 0.6) is 0 Å². The molecular weight excluding hydrogens is 170 g/mol. The SMILES string of the molecule is CC(C)CCNC1CC(C)(C)CC1C. The van der Waals surface area contributed by atoms with Crippen LogP contribution in [0.2, 0.25) is 0 Å². The largest absolute Gasteiger partial charge is 0.314 e. The van der Waals surface area contributed by atoms with Crippen LogP contribution < -0.4 is 5.32 Å². The first-order valence-electron chi connectivity index (χ1n) is 6.14. The van der Waals surface area contributed by atoms with Gasteiger partial charge in [-0.1, -0.05) is 34.6 Å². The molecule has 0 amide bonds. The van der Waals surface area contributed by atoms with Gasteiger partial charge in [-0.3, -0.25) is 0 Å². The summed E-state index contributed by atoms with van der Waals surface area (Å²) in [4.78, 5) is 0. The zero-order valence-electron chi connectivity index (χ0n) is 10.6. The van der Waals surface area contributed by atoms with E-state index in [-0.39, 0.29) is 0 Å². The van der Waals surface area contributed by atoms with Gasteiger partial charge in [0, 0.05) is 6.04 Å². The lowest BCUT2D eigenvalue weighted by atomic mass is 9.91. The van der Waals surface area contributed by atoms with E-state index in [1.54, 1.807) is 0 Å². The van der Waals surface area contributed by atoms with Crippen molar-refractivity contribution < 1.29 is 0 Å². The average Bonchev–Trinajstić information content (AvgIpc) is 2.24. The van der Waals surface area contributed by atoms with E-state index in [2.05, 4.69) is 39.9 Å². The zero-order chi connectivity index (χ0) is 10.8. The highest BCUT2D eigenvalue weighted by molar-refractivity contribution is 4.90. The molecule has 0 aromatic rings. The Kier molecular flexibility index (Phi) is 4.00. The molecule has 1 fully saturated rings. The predicted octanol–water partition coefficient (Wildman–Crippen LogP) is 3.45. The van der Waals surface area contributed by atoms with Gasteiger partial charge in [-0.25, -0.2) is 0 Å². The van der Waals surface area contributed by atoms with Crippen LogP contribution in [-0.4, -0.2) is 12.6 Å². The summed E-state index contributed by atoms with van der Waals surface area (Å²) < 4.78 is 0. The molecule has 0 aromatic heterocycles. The second-order valence-electron chi connectivity index (χ2n) is 6.29. The first kappa shape index (κ1) is 12.0. The van der Waals surface area contributed by atoms with E-state index >= 15 is 0 Å². The third-order valence-corrected chi connectivity index (χ3v) is 3.46. The van der Waals surface area contributed by atoms with Crippen molar-refractivity contribution in [3.8, 4) is 0 Å². The van der Waals surface area contributed by atoms with Gasteiger partial charge < -0.3 is 5.32 Å². The van der Waals surface area contributed by atoms with Crippen LogP contribution in [0.15, 0.2) is 0 Å². The molecule has 14 heavy (non-hydrogen) atoms. The second-order valence-corrected chi connectivity index (χ2v) is 6.29. The third kappa shape index (κ3) is 3.61. The quantitative estimate of drug-likeness (QED) is 0.728. The summed E-state index contributed by atoms with van der Waals surface area (Å²) >= 11 is 0. The fourth-order valence-electron chi connectivity index (χ4n) is 2.72. The van der Waals surface area contributed by atoms with Crippen molar-refractivity contribution >= 4 is 0 Å². The second kappa shape index (κ2) is 4.65. The fourth-order valence-corrected chi connectivity index (χ4v) is 2.72. The molecule has 0 spiro atoms. The van der Waals surface area contributed by atoms with Gasteiger partial charge in [0.15, 0.2) is 0 Å². The van der Waals surface area contributed by atoms with Crippen molar-refractivity contribution in [1.29, 1.82) is 0 Å². The molecule has 0 aliphatic heterocycles. The van der Waals surface area contributed by atoms with Gasteiger partial charge in [-0.05, 0) is 43.1 Å². The molecule has 0 bridgehead atoms. The van der Waals surface area contributed by atoms with Crippen molar-refractivity contribution in [2.24, 2.45) is 17.3 Å². The Hall–Kier alpha value is -0.0400. The molecule has 84 valence electrons. The standard InChI is InChI=1S/C13H27N/c1-10(2)6-7-14-12-9-13(4,5)8-11(12)3/h10-12,14H,6-9H2,1-5H3. The number of rotatable bonds is 4. The van der Waals surface area contributed by atoms with E-state index in [1.807, 2.05) is 0 Å². The summed E-state index contributed by atoms with van der Waals surface area (Å²) in [6.45, 7) is 13.0. The molecular formula is C13H27N. The molecule has 0 heterocycles. The van der Waals surface area contributed by atoms with Crippen LogP contribution in [0.25, 0.3) is 0 Å². The molecule has 0 radical (unpaired) electrons. The molecule has 1 aliphatic carbocycles. The number of nitrogens with one attached hydrogen (secondary N) is 1. The summed E-state index contributed by atoms with van der Waals surface area (Å²) in [5.74, 6) is 1.68. The zero-order valence-corrected chi connectivity index (χ0v) is 10.6. The van der Waals surface area contributed by atoms with E-state index in [9.17, 15) is 0 Å². The Morgan fingerprint density at radius 3 is 2.36 bits per heavy atom. The van der Waals surface area contributed by atoms with E-state index in [4.69, 9.17) is 0 Å². The average molecular weight is 197 g/mol. The summed E-state index contributed by atoms with van der Waals surface area (Å²) in [7, 11) is 0. The molecule has 0 saturated heterocycles. The van der Waals surface area contributed by atoms with Gasteiger partial charge in [0.05, 0.1) is 0 Å². The monoisotopic (exact) mass is 197 g/mol. The van der Waals surface area contributed by atoms with Gasteiger partial charge in [-0.15, -0.1) is 0 Å². The Labute approximate surface area is 89.7 Å². The Balaban J connectivity index is 2.25. The number of hydrogen-bond donors (Lipinski definition) is 1. The molecule has 1 heteroatoms. The molecule has 1 N–H and O–H groups in total. The van der Waals surface area contributed by atoms with Crippen LogP contribution in [-0.2, 0) is 0 Å². The molecule has 1 saturated carbocycles. The first-order chi connectivity index (χ1) is 6.41. The van der Waals surface area contributed by atoms with Crippen molar-refractivity contribution in [2.75, 3.05) is 6.54 Å². The molecule has 1 rings (SSSR count). The molecule has 0 aromatic carbocycles. The molecule has 1 aliphatic rings. The fraction of sp³-hybridized carbons (Fsp3) is 1.00. The van der Waals surface area contributed by atoms with Crippen LogP contribution in [0.1, 0.15) is 53.9 Å². The highest BCUT2D eigenvalue weighted by Gasteiger charge is 2.35. The summed E-state index contributed by atoms with van der Waals surface area (Å²) in [6.07, 6.45) is 4.04. The molecule has 2 atom stereocenters. The maximum atomic E-state index is 3.72. The Morgan fingerprint density at radius 2 is 1.93 bits per heavy atom. The maximum absolute atomic E-state index is 3.72. The van der Waals surface area contributed by atoms with E-state index in [1.165, 1.54) is 25.8 Å². The minimum atomic E-state index is 0.564. The van der Waals surface area contributed by atoms with Crippen molar-refractivity contribution in [2.45, 2.75) is 59.9 Å². The van der Waals surface area contributed by atoms with Crippen LogP contribution in [0.4, 0.5) is 0 Å². The van der Waals surface area contributed by atoms with E-state index in [0.717, 1.165) is 17.9 Å². The summed E-state index contributed by atoms with van der Waals surface area (Å²) in [5.41, 5.74) is 0.564. The Morgan fingerprint density at radius 1 is 1.29 bits per heavy atom. The van der Waals surface area contributed by atoms with Crippen molar-refractivity contribution in [1.82, 2.24) is 5.32 Å². The van der Waals surface area contributed by atoms with Crippen LogP contribution in [0.3, 0.4) is 0 Å². The van der Waals surface area contributed by atoms with Gasteiger partial charge in [0.2, 0.25) is 0 Å². The lowest BCUT2D eigenvalue weighted by Gasteiger charge is -2.19. The Bertz CT molecular complexity index is 172. The highest BCUT2D eigenvalue weighted by Crippen LogP contribution is 2.40. The summed E-state index contributed by atoms with van der Waals surface area (Å²) in [5, 5.41) is 3.72. The lowest BCUT2D eigenvalue weighted by molar-refractivity contribution is 0.361. The van der Waals surface area contributed by atoms with Crippen LogP contribution in [0, 0.1) is 17.3 Å². The maximum Gasteiger partial charge on any atom is 0.00979 e. The van der Waals surface area contributed by atoms with E-state index < -0.39 is 0 Å². The van der Waals surface area contributed by atoms with E-state index in [0.29, 0.717) is 5.41 Å². The highest BCUT2D eigenvalue weighted by atomic mass is 14.9. The summed E-state index contributed by atoms with van der Waals surface area (Å²) in [6, 6.07) is 0.767. The normalized spacial score (nSPS) is 31.3. The smallest absolute Gasteiger partial charge is 0.00979 e. The predicted molar refractivity (Wildman–Crippen MR) is 63.4 cm³/mol. The van der Waals surface area contributed by atoms with Crippen LogP contribution >= 0.6 is 0 Å². The van der Waals surface area contributed by atoms with Gasteiger partial charge in [0.1, 0.15) is 0 Å².